The van der Waals surface area contributed by atoms with Crippen molar-refractivity contribution in [3.8, 4) is 0 Å². The van der Waals surface area contributed by atoms with E-state index in [0.717, 1.165) is 21.6 Å². The molecule has 2 aromatic carbocycles. The lowest BCUT2D eigenvalue weighted by Gasteiger charge is -2.24. The number of benzene rings is 2. The quantitative estimate of drug-likeness (QED) is 0.416. The number of nitrogens with zero attached hydrogens (tertiary/aromatic N) is 2. The zero-order chi connectivity index (χ0) is 21.7. The Bertz CT molecular complexity index is 1390. The number of hydrogen-bond acceptors (Lipinski definition) is 5. The van der Waals surface area contributed by atoms with Crippen molar-refractivity contribution in [1.82, 2.24) is 4.98 Å². The molecule has 1 atom stereocenters. The smallest absolute Gasteiger partial charge is 0.296 e. The average Bonchev–Trinajstić information content (AvgIpc) is 3.07. The van der Waals surface area contributed by atoms with E-state index in [0.29, 0.717) is 22.4 Å². The van der Waals surface area contributed by atoms with Gasteiger partial charge in [-0.15, -0.1) is 11.8 Å². The molecule has 0 saturated carbocycles. The molecule has 5 rings (SSSR count). The van der Waals surface area contributed by atoms with E-state index >= 15 is 0 Å². The second-order valence-electron chi connectivity index (χ2n) is 7.72. The van der Waals surface area contributed by atoms with Gasteiger partial charge in [0.05, 0.1) is 17.0 Å². The molecule has 4 aromatic rings. The summed E-state index contributed by atoms with van der Waals surface area (Å²) in [5, 5.41) is 0.483. The van der Waals surface area contributed by atoms with Gasteiger partial charge < -0.3 is 4.42 Å². The fraction of sp³-hybridized carbons (Fsp3) is 0.160. The topological polar surface area (TPSA) is 63.4 Å². The Labute approximate surface area is 183 Å². The van der Waals surface area contributed by atoms with Gasteiger partial charge in [0.15, 0.2) is 5.43 Å². The standard InChI is InChI=1S/C25H20N2O3S/c1-14-4-9-19-18(12-14)23(28)21-22(16-5-7-17(31-3)8-6-16)27(25(29)24(21)30-19)20-13-15(2)10-11-26-20/h4-13,22H,1-3H3. The number of thioether (sulfide) groups is 1. The summed E-state index contributed by atoms with van der Waals surface area (Å²) in [4.78, 5) is 34.2. The van der Waals surface area contributed by atoms with Crippen molar-refractivity contribution in [2.45, 2.75) is 24.8 Å². The van der Waals surface area contributed by atoms with Crippen LogP contribution in [0.1, 0.15) is 38.9 Å². The first-order valence-electron chi connectivity index (χ1n) is 9.95. The normalized spacial score (nSPS) is 15.5. The van der Waals surface area contributed by atoms with Crippen molar-refractivity contribution in [3.63, 3.8) is 0 Å². The lowest BCUT2D eigenvalue weighted by atomic mass is 9.98. The van der Waals surface area contributed by atoms with E-state index < -0.39 is 6.04 Å². The van der Waals surface area contributed by atoms with Gasteiger partial charge in [0.25, 0.3) is 5.91 Å². The Morgan fingerprint density at radius 1 is 0.968 bits per heavy atom. The van der Waals surface area contributed by atoms with Crippen molar-refractivity contribution in [2.24, 2.45) is 0 Å². The summed E-state index contributed by atoms with van der Waals surface area (Å²) in [7, 11) is 0. The fourth-order valence-electron chi connectivity index (χ4n) is 4.08. The van der Waals surface area contributed by atoms with Crippen LogP contribution in [0.25, 0.3) is 11.0 Å². The minimum absolute atomic E-state index is 0.0867. The van der Waals surface area contributed by atoms with Crippen molar-refractivity contribution in [2.75, 3.05) is 11.2 Å². The third kappa shape index (κ3) is 3.15. The number of carbonyl (C=O) groups excluding carboxylic acids is 1. The number of amides is 1. The molecule has 0 radical (unpaired) electrons. The van der Waals surface area contributed by atoms with Crippen LogP contribution in [-0.4, -0.2) is 17.1 Å². The Morgan fingerprint density at radius 2 is 1.71 bits per heavy atom. The van der Waals surface area contributed by atoms with E-state index in [9.17, 15) is 9.59 Å². The van der Waals surface area contributed by atoms with E-state index in [1.54, 1.807) is 28.9 Å². The maximum atomic E-state index is 13.6. The van der Waals surface area contributed by atoms with E-state index in [2.05, 4.69) is 4.98 Å². The van der Waals surface area contributed by atoms with Crippen LogP contribution in [0.3, 0.4) is 0 Å². The Hall–Kier alpha value is -3.38. The highest BCUT2D eigenvalue weighted by molar-refractivity contribution is 7.98. The average molecular weight is 429 g/mol. The molecule has 0 N–H and O–H groups in total. The first kappa shape index (κ1) is 19.6. The number of pyridine rings is 1. The van der Waals surface area contributed by atoms with E-state index in [-0.39, 0.29) is 17.1 Å². The predicted octanol–water partition coefficient (Wildman–Crippen LogP) is 5.28. The second-order valence-corrected chi connectivity index (χ2v) is 8.60. The van der Waals surface area contributed by atoms with Gasteiger partial charge in [-0.2, -0.15) is 0 Å². The molecule has 6 heteroatoms. The van der Waals surface area contributed by atoms with Crippen molar-refractivity contribution >= 4 is 34.5 Å². The maximum absolute atomic E-state index is 13.6. The van der Waals surface area contributed by atoms with Gasteiger partial charge in [0.2, 0.25) is 5.76 Å². The molecular weight excluding hydrogens is 408 g/mol. The van der Waals surface area contributed by atoms with Crippen molar-refractivity contribution in [3.05, 3.63) is 99.0 Å². The molecule has 1 amide bonds. The molecule has 0 aliphatic carbocycles. The van der Waals surface area contributed by atoms with Crippen LogP contribution in [0.15, 0.2) is 74.9 Å². The third-order valence-electron chi connectivity index (χ3n) is 5.61. The third-order valence-corrected chi connectivity index (χ3v) is 6.35. The summed E-state index contributed by atoms with van der Waals surface area (Å²) < 4.78 is 6.01. The van der Waals surface area contributed by atoms with Crippen LogP contribution in [0.5, 0.6) is 0 Å². The van der Waals surface area contributed by atoms with Crippen LogP contribution in [0, 0.1) is 13.8 Å². The molecule has 1 aliphatic heterocycles. The van der Waals surface area contributed by atoms with Crippen LogP contribution in [0.2, 0.25) is 0 Å². The van der Waals surface area contributed by atoms with E-state index in [1.807, 2.05) is 68.6 Å². The predicted molar refractivity (Wildman–Crippen MR) is 123 cm³/mol. The summed E-state index contributed by atoms with van der Waals surface area (Å²) in [5.74, 6) is 0.227. The largest absolute Gasteiger partial charge is 0.450 e. The molecule has 0 spiro atoms. The minimum atomic E-state index is -0.603. The number of hydrogen-bond donors (Lipinski definition) is 0. The van der Waals surface area contributed by atoms with Gasteiger partial charge in [-0.25, -0.2) is 4.98 Å². The number of aromatic nitrogens is 1. The van der Waals surface area contributed by atoms with Gasteiger partial charge in [-0.1, -0.05) is 23.8 Å². The molecule has 2 aromatic heterocycles. The van der Waals surface area contributed by atoms with Gasteiger partial charge in [-0.3, -0.25) is 14.5 Å². The molecule has 31 heavy (non-hydrogen) atoms. The highest BCUT2D eigenvalue weighted by Gasteiger charge is 2.44. The second kappa shape index (κ2) is 7.39. The minimum Gasteiger partial charge on any atom is -0.450 e. The Balaban J connectivity index is 1.80. The van der Waals surface area contributed by atoms with Crippen molar-refractivity contribution in [1.29, 1.82) is 0 Å². The zero-order valence-electron chi connectivity index (χ0n) is 17.4. The SMILES string of the molecule is CSc1ccc(C2c3c(oc4ccc(C)cc4c3=O)C(=O)N2c2cc(C)ccn2)cc1. The molecule has 0 fully saturated rings. The lowest BCUT2D eigenvalue weighted by Crippen LogP contribution is -2.30. The summed E-state index contributed by atoms with van der Waals surface area (Å²) in [5.41, 5.74) is 3.38. The van der Waals surface area contributed by atoms with Gasteiger partial charge in [-0.05, 0) is 67.6 Å². The molecule has 154 valence electrons. The molecule has 3 heterocycles. The lowest BCUT2D eigenvalue weighted by molar-refractivity contribution is 0.0970. The first-order chi connectivity index (χ1) is 15.0. The van der Waals surface area contributed by atoms with Crippen molar-refractivity contribution < 1.29 is 9.21 Å². The van der Waals surface area contributed by atoms with E-state index in [4.69, 9.17) is 4.42 Å². The number of fused-ring (bicyclic) bond motifs is 2. The first-order valence-corrected chi connectivity index (χ1v) is 11.2. The summed E-state index contributed by atoms with van der Waals surface area (Å²) >= 11 is 1.64. The molecule has 1 unspecified atom stereocenters. The monoisotopic (exact) mass is 428 g/mol. The summed E-state index contributed by atoms with van der Waals surface area (Å²) in [6, 6.07) is 16.5. The molecule has 0 saturated heterocycles. The molecule has 1 aliphatic rings. The molecular formula is C25H20N2O3S. The fourth-order valence-corrected chi connectivity index (χ4v) is 4.48. The van der Waals surface area contributed by atoms with Crippen LogP contribution in [-0.2, 0) is 0 Å². The number of carbonyl (C=O) groups is 1. The maximum Gasteiger partial charge on any atom is 0.296 e. The number of aryl methyl sites for hydroxylation is 2. The highest BCUT2D eigenvalue weighted by atomic mass is 32.2. The van der Waals surface area contributed by atoms with Crippen LogP contribution < -0.4 is 10.3 Å². The van der Waals surface area contributed by atoms with E-state index in [1.165, 1.54) is 0 Å². The molecule has 5 nitrogen and oxygen atoms in total. The van der Waals surface area contributed by atoms with Gasteiger partial charge in [0, 0.05) is 11.1 Å². The number of rotatable bonds is 3. The van der Waals surface area contributed by atoms with Crippen LogP contribution >= 0.6 is 11.8 Å². The zero-order valence-corrected chi connectivity index (χ0v) is 18.2. The number of anilines is 1. The highest BCUT2D eigenvalue weighted by Crippen LogP contribution is 2.41. The summed E-state index contributed by atoms with van der Waals surface area (Å²) in [6.07, 6.45) is 3.68. The Morgan fingerprint density at radius 3 is 2.42 bits per heavy atom. The summed E-state index contributed by atoms with van der Waals surface area (Å²) in [6.45, 7) is 3.88. The Kier molecular flexibility index (Phi) is 4.67. The van der Waals surface area contributed by atoms with Gasteiger partial charge in [0.1, 0.15) is 11.4 Å². The van der Waals surface area contributed by atoms with Crippen LogP contribution in [0.4, 0.5) is 5.82 Å². The molecule has 0 bridgehead atoms. The van der Waals surface area contributed by atoms with Gasteiger partial charge >= 0.3 is 0 Å².